The molecule has 224 valence electrons. The number of carbonyl (C=O) groups is 1. The van der Waals surface area contributed by atoms with Crippen LogP contribution in [-0.2, 0) is 20.4 Å². The number of anilines is 1. The fourth-order valence-corrected chi connectivity index (χ4v) is 6.91. The van der Waals surface area contributed by atoms with Gasteiger partial charge in [-0.05, 0) is 111 Å². The second-order valence-electron chi connectivity index (χ2n) is 12.2. The molecule has 3 aromatic heterocycles. The topological polar surface area (TPSA) is 127 Å². The summed E-state index contributed by atoms with van der Waals surface area (Å²) >= 11 is 6.17. The predicted octanol–water partition coefficient (Wildman–Crippen LogP) is 6.94. The molecule has 0 aliphatic carbocycles. The average molecular weight is 612 g/mol. The van der Waals surface area contributed by atoms with Crippen LogP contribution in [-0.4, -0.2) is 39.7 Å². The van der Waals surface area contributed by atoms with Crippen molar-refractivity contribution in [2.75, 3.05) is 4.72 Å². The van der Waals surface area contributed by atoms with Crippen LogP contribution >= 0.6 is 11.6 Å². The molecule has 2 N–H and O–H groups in total. The van der Waals surface area contributed by atoms with Crippen LogP contribution in [0.3, 0.4) is 0 Å². The van der Waals surface area contributed by atoms with Crippen molar-refractivity contribution in [3.63, 3.8) is 0 Å². The van der Waals surface area contributed by atoms with Crippen LogP contribution in [0.1, 0.15) is 90.3 Å². The molecule has 0 atom stereocenters. The minimum atomic E-state index is -4.16. The summed E-state index contributed by atoms with van der Waals surface area (Å²) in [5.74, 6) is -0.125. The number of aryl methyl sites for hydroxylation is 5. The normalized spacial score (nSPS) is 12.7. The molecule has 9 nitrogen and oxygen atoms in total. The molecule has 42 heavy (non-hydrogen) atoms. The molecule has 0 spiro atoms. The van der Waals surface area contributed by atoms with Crippen molar-refractivity contribution in [3.05, 3.63) is 74.1 Å². The van der Waals surface area contributed by atoms with E-state index in [0.29, 0.717) is 44.3 Å². The van der Waals surface area contributed by atoms with Gasteiger partial charge in [-0.25, -0.2) is 23.4 Å². The first-order valence-corrected chi connectivity index (χ1v) is 15.5. The maximum absolute atomic E-state index is 14.4. The number of hydrogen-bond donors (Lipinski definition) is 2. The Morgan fingerprint density at radius 2 is 1.57 bits per heavy atom. The van der Waals surface area contributed by atoms with Gasteiger partial charge in [-0.1, -0.05) is 11.6 Å². The van der Waals surface area contributed by atoms with Crippen molar-refractivity contribution in [2.45, 2.75) is 92.3 Å². The van der Waals surface area contributed by atoms with Crippen LogP contribution in [0.15, 0.2) is 23.1 Å². The molecule has 1 aromatic carbocycles. The van der Waals surface area contributed by atoms with Crippen LogP contribution in [0, 0.1) is 41.5 Å². The third-order valence-electron chi connectivity index (χ3n) is 7.16. The van der Waals surface area contributed by atoms with E-state index in [-0.39, 0.29) is 22.0 Å². The fourth-order valence-electron chi connectivity index (χ4n) is 5.58. The lowest BCUT2D eigenvalue weighted by atomic mass is 9.89. The standard InChI is InChI=1S/C31H38ClN5O4S/c1-15-14-21(12-13-22(15)32)42(39,40)37-25-17(3)24(31(10,11)41-30(7,8)9)19(5)33-27(25)28(38)26-23-16(2)18(4)34-29(23)36-20(6)35-26/h12-14,37H,1-11H3,(H,34,35,36). The van der Waals surface area contributed by atoms with E-state index in [1.165, 1.54) is 18.2 Å². The van der Waals surface area contributed by atoms with E-state index in [9.17, 15) is 13.2 Å². The van der Waals surface area contributed by atoms with E-state index in [0.717, 1.165) is 11.3 Å². The van der Waals surface area contributed by atoms with Gasteiger partial charge in [0.05, 0.1) is 27.2 Å². The van der Waals surface area contributed by atoms with E-state index in [1.807, 2.05) is 48.5 Å². The number of ether oxygens (including phenoxy) is 1. The van der Waals surface area contributed by atoms with Crippen molar-refractivity contribution >= 4 is 44.1 Å². The number of halogens is 1. The van der Waals surface area contributed by atoms with Crippen LogP contribution in [0.5, 0.6) is 0 Å². The summed E-state index contributed by atoms with van der Waals surface area (Å²) in [5.41, 5.74) is 3.33. The Hall–Kier alpha value is -3.34. The van der Waals surface area contributed by atoms with Crippen molar-refractivity contribution in [1.82, 2.24) is 19.9 Å². The van der Waals surface area contributed by atoms with Crippen LogP contribution in [0.2, 0.25) is 5.02 Å². The molecular formula is C31H38ClN5O4S. The number of carbonyl (C=O) groups excluding carboxylic acids is 1. The zero-order chi connectivity index (χ0) is 31.5. The SMILES string of the molecule is Cc1nc(C(=O)c2nc(C)c(C(C)(C)OC(C)(C)C)c(C)c2NS(=O)(=O)c2ccc(Cl)c(C)c2)c2c(C)c(C)[nH]c2n1. The predicted molar refractivity (Wildman–Crippen MR) is 166 cm³/mol. The molecule has 0 saturated heterocycles. The lowest BCUT2D eigenvalue weighted by molar-refractivity contribution is -0.118. The smallest absolute Gasteiger partial charge is 0.261 e. The molecule has 4 rings (SSSR count). The van der Waals surface area contributed by atoms with Gasteiger partial charge >= 0.3 is 0 Å². The molecule has 0 fully saturated rings. The van der Waals surface area contributed by atoms with Crippen molar-refractivity contribution in [3.8, 4) is 0 Å². The minimum Gasteiger partial charge on any atom is -0.365 e. The summed E-state index contributed by atoms with van der Waals surface area (Å²) in [7, 11) is -4.16. The van der Waals surface area contributed by atoms with E-state index < -0.39 is 27.0 Å². The zero-order valence-corrected chi connectivity index (χ0v) is 27.6. The summed E-state index contributed by atoms with van der Waals surface area (Å²) in [4.78, 5) is 31.3. The zero-order valence-electron chi connectivity index (χ0n) is 26.0. The molecular weight excluding hydrogens is 574 g/mol. The first-order valence-electron chi connectivity index (χ1n) is 13.6. The molecule has 0 amide bonds. The molecule has 0 unspecified atom stereocenters. The summed E-state index contributed by atoms with van der Waals surface area (Å²) in [5, 5.41) is 1.02. The van der Waals surface area contributed by atoms with Crippen molar-refractivity contribution < 1.29 is 17.9 Å². The number of rotatable bonds is 7. The van der Waals surface area contributed by atoms with Crippen molar-refractivity contribution in [2.24, 2.45) is 0 Å². The van der Waals surface area contributed by atoms with Gasteiger partial charge in [0, 0.05) is 22.0 Å². The third-order valence-corrected chi connectivity index (χ3v) is 8.93. The molecule has 3 heterocycles. The Labute approximate surface area is 252 Å². The highest BCUT2D eigenvalue weighted by atomic mass is 35.5. The summed E-state index contributed by atoms with van der Waals surface area (Å²) in [6.45, 7) is 20.4. The van der Waals surface area contributed by atoms with Crippen molar-refractivity contribution in [1.29, 1.82) is 0 Å². The largest absolute Gasteiger partial charge is 0.365 e. The van der Waals surface area contributed by atoms with Gasteiger partial charge in [-0.2, -0.15) is 0 Å². The highest BCUT2D eigenvalue weighted by molar-refractivity contribution is 7.92. The quantitative estimate of drug-likeness (QED) is 0.217. The van der Waals surface area contributed by atoms with Gasteiger partial charge in [0.15, 0.2) is 0 Å². The number of aromatic amines is 1. The maximum atomic E-state index is 14.4. The Morgan fingerprint density at radius 3 is 2.17 bits per heavy atom. The van der Waals surface area contributed by atoms with Gasteiger partial charge in [0.25, 0.3) is 10.0 Å². The number of sulfonamides is 1. The second kappa shape index (κ2) is 10.7. The second-order valence-corrected chi connectivity index (χ2v) is 14.3. The highest BCUT2D eigenvalue weighted by Crippen LogP contribution is 2.39. The van der Waals surface area contributed by atoms with Gasteiger partial charge in [-0.15, -0.1) is 0 Å². The number of H-pyrrole nitrogens is 1. The Morgan fingerprint density at radius 1 is 0.929 bits per heavy atom. The number of ketones is 1. The first-order chi connectivity index (χ1) is 19.2. The van der Waals surface area contributed by atoms with E-state index in [1.54, 1.807) is 27.7 Å². The number of aromatic nitrogens is 4. The van der Waals surface area contributed by atoms with Crippen LogP contribution in [0.25, 0.3) is 11.0 Å². The molecule has 0 aliphatic heterocycles. The van der Waals surface area contributed by atoms with Gasteiger partial charge < -0.3 is 9.72 Å². The van der Waals surface area contributed by atoms with Crippen LogP contribution in [0.4, 0.5) is 5.69 Å². The summed E-state index contributed by atoms with van der Waals surface area (Å²) < 4.78 is 36.6. The molecule has 0 radical (unpaired) electrons. The Balaban J connectivity index is 2.01. The van der Waals surface area contributed by atoms with Crippen LogP contribution < -0.4 is 4.72 Å². The minimum absolute atomic E-state index is 0.00639. The average Bonchev–Trinajstić information content (AvgIpc) is 3.12. The first kappa shape index (κ1) is 31.6. The number of fused-ring (bicyclic) bond motifs is 1. The Kier molecular flexibility index (Phi) is 8.08. The third kappa shape index (κ3) is 5.93. The summed E-state index contributed by atoms with van der Waals surface area (Å²) in [6.07, 6.45) is 0. The number of nitrogens with one attached hydrogen (secondary N) is 2. The maximum Gasteiger partial charge on any atom is 0.261 e. The Bertz CT molecular complexity index is 1850. The molecule has 0 bridgehead atoms. The highest BCUT2D eigenvalue weighted by Gasteiger charge is 2.35. The number of benzene rings is 1. The van der Waals surface area contributed by atoms with E-state index in [4.69, 9.17) is 21.3 Å². The molecule has 4 aromatic rings. The van der Waals surface area contributed by atoms with Gasteiger partial charge in [0.2, 0.25) is 5.78 Å². The van der Waals surface area contributed by atoms with Gasteiger partial charge in [-0.3, -0.25) is 9.52 Å². The van der Waals surface area contributed by atoms with E-state index >= 15 is 0 Å². The summed E-state index contributed by atoms with van der Waals surface area (Å²) in [6, 6.07) is 4.44. The number of hydrogen-bond acceptors (Lipinski definition) is 7. The fraction of sp³-hybridized carbons (Fsp3) is 0.419. The monoisotopic (exact) mass is 611 g/mol. The van der Waals surface area contributed by atoms with Gasteiger partial charge in [0.1, 0.15) is 22.9 Å². The molecule has 0 aliphatic rings. The van der Waals surface area contributed by atoms with E-state index in [2.05, 4.69) is 19.7 Å². The lowest BCUT2D eigenvalue weighted by Gasteiger charge is -2.36. The molecule has 0 saturated carbocycles. The number of nitrogens with zero attached hydrogens (tertiary/aromatic N) is 3. The molecule has 11 heteroatoms. The number of pyridine rings is 1. The lowest BCUT2D eigenvalue weighted by Crippen LogP contribution is -2.35.